The number of hydrogen-bond acceptors (Lipinski definition) is 2. The maximum absolute atomic E-state index is 11.9. The van der Waals surface area contributed by atoms with E-state index in [0.717, 1.165) is 30.8 Å². The van der Waals surface area contributed by atoms with Gasteiger partial charge in [0, 0.05) is 18.8 Å². The van der Waals surface area contributed by atoms with Crippen molar-refractivity contribution in [1.29, 1.82) is 0 Å². The van der Waals surface area contributed by atoms with E-state index in [0.29, 0.717) is 6.42 Å². The van der Waals surface area contributed by atoms with Crippen molar-refractivity contribution in [3.8, 4) is 0 Å². The van der Waals surface area contributed by atoms with Crippen LogP contribution in [0.15, 0.2) is 24.3 Å². The lowest BCUT2D eigenvalue weighted by molar-refractivity contribution is -0.130. The van der Waals surface area contributed by atoms with Crippen LogP contribution >= 0.6 is 12.4 Å². The number of amides is 1. The van der Waals surface area contributed by atoms with Crippen molar-refractivity contribution in [1.82, 2.24) is 4.90 Å². The van der Waals surface area contributed by atoms with Crippen LogP contribution in [-0.2, 0) is 11.2 Å². The Morgan fingerprint density at radius 3 is 2.29 bits per heavy atom. The Hall–Kier alpha value is -1.22. The number of nitrogen functional groups attached to an aromatic ring is 1. The summed E-state index contributed by atoms with van der Waals surface area (Å²) in [7, 11) is 0. The topological polar surface area (TPSA) is 46.3 Å². The van der Waals surface area contributed by atoms with E-state index in [9.17, 15) is 4.79 Å². The molecule has 0 bridgehead atoms. The number of benzene rings is 1. The molecule has 96 valence electrons. The highest BCUT2D eigenvalue weighted by Crippen LogP contribution is 2.07. The van der Waals surface area contributed by atoms with Crippen molar-refractivity contribution in [3.63, 3.8) is 0 Å². The Bertz CT molecular complexity index is 338. The van der Waals surface area contributed by atoms with Crippen LogP contribution in [0.2, 0.25) is 0 Å². The summed E-state index contributed by atoms with van der Waals surface area (Å²) < 4.78 is 0. The van der Waals surface area contributed by atoms with Gasteiger partial charge >= 0.3 is 0 Å². The average Bonchev–Trinajstić information content (AvgIpc) is 2.29. The molecule has 1 rings (SSSR count). The molecule has 1 aromatic rings. The highest BCUT2D eigenvalue weighted by Gasteiger charge is 2.10. The van der Waals surface area contributed by atoms with E-state index >= 15 is 0 Å². The Balaban J connectivity index is 0.00000256. The van der Waals surface area contributed by atoms with Crippen molar-refractivity contribution in [2.45, 2.75) is 26.7 Å². The van der Waals surface area contributed by atoms with Crippen LogP contribution in [-0.4, -0.2) is 23.9 Å². The normalized spacial score (nSPS) is 9.53. The van der Waals surface area contributed by atoms with Gasteiger partial charge in [-0.2, -0.15) is 0 Å². The Morgan fingerprint density at radius 2 is 1.82 bits per heavy atom. The zero-order valence-electron chi connectivity index (χ0n) is 10.5. The molecule has 0 aliphatic carbocycles. The number of anilines is 1. The van der Waals surface area contributed by atoms with Crippen LogP contribution < -0.4 is 5.73 Å². The second kappa shape index (κ2) is 7.96. The number of nitrogens with zero attached hydrogens (tertiary/aromatic N) is 1. The molecule has 2 N–H and O–H groups in total. The fourth-order valence-corrected chi connectivity index (χ4v) is 1.65. The average molecular weight is 257 g/mol. The minimum absolute atomic E-state index is 0. The summed E-state index contributed by atoms with van der Waals surface area (Å²) >= 11 is 0. The van der Waals surface area contributed by atoms with Gasteiger partial charge in [-0.05, 0) is 31.0 Å². The minimum Gasteiger partial charge on any atom is -0.399 e. The van der Waals surface area contributed by atoms with Crippen LogP contribution in [0.25, 0.3) is 0 Å². The van der Waals surface area contributed by atoms with Crippen molar-refractivity contribution in [2.75, 3.05) is 18.8 Å². The number of hydrogen-bond donors (Lipinski definition) is 1. The van der Waals surface area contributed by atoms with E-state index in [1.165, 1.54) is 0 Å². The summed E-state index contributed by atoms with van der Waals surface area (Å²) in [5.41, 5.74) is 7.35. The van der Waals surface area contributed by atoms with Crippen LogP contribution in [0.3, 0.4) is 0 Å². The predicted molar refractivity (Wildman–Crippen MR) is 74.4 cm³/mol. The van der Waals surface area contributed by atoms with Crippen LogP contribution in [0.4, 0.5) is 5.69 Å². The molecule has 0 saturated carbocycles. The number of rotatable bonds is 5. The molecule has 0 aliphatic heterocycles. The van der Waals surface area contributed by atoms with Gasteiger partial charge in [-0.15, -0.1) is 12.4 Å². The number of nitrogens with two attached hydrogens (primary N) is 1. The first-order chi connectivity index (χ1) is 7.67. The second-order valence-electron chi connectivity index (χ2n) is 3.89. The van der Waals surface area contributed by atoms with Gasteiger partial charge in [-0.1, -0.05) is 19.1 Å². The zero-order chi connectivity index (χ0) is 12.0. The van der Waals surface area contributed by atoms with E-state index in [1.807, 2.05) is 36.1 Å². The highest BCUT2D eigenvalue weighted by atomic mass is 35.5. The van der Waals surface area contributed by atoms with Crippen LogP contribution in [0.5, 0.6) is 0 Å². The molecule has 0 aliphatic rings. The van der Waals surface area contributed by atoms with Gasteiger partial charge in [0.1, 0.15) is 0 Å². The number of carbonyl (C=O) groups is 1. The molecule has 0 saturated heterocycles. The van der Waals surface area contributed by atoms with Gasteiger partial charge in [-0.25, -0.2) is 0 Å². The van der Waals surface area contributed by atoms with Gasteiger partial charge < -0.3 is 10.6 Å². The molecule has 0 fully saturated rings. The second-order valence-corrected chi connectivity index (χ2v) is 3.89. The highest BCUT2D eigenvalue weighted by molar-refractivity contribution is 5.85. The molecular formula is C13H21ClN2O. The Morgan fingerprint density at radius 1 is 1.24 bits per heavy atom. The molecule has 0 heterocycles. The molecule has 0 spiro atoms. The lowest BCUT2D eigenvalue weighted by Crippen LogP contribution is -2.32. The van der Waals surface area contributed by atoms with E-state index in [-0.39, 0.29) is 18.3 Å². The third kappa shape index (κ3) is 5.09. The Kier molecular flexibility index (Phi) is 7.39. The third-order valence-electron chi connectivity index (χ3n) is 2.56. The maximum Gasteiger partial charge on any atom is 0.226 e. The predicted octanol–water partition coefficient (Wildman–Crippen LogP) is 2.49. The zero-order valence-corrected chi connectivity index (χ0v) is 11.3. The number of halogens is 1. The molecule has 1 amide bonds. The molecule has 0 unspecified atom stereocenters. The minimum atomic E-state index is 0. The first-order valence-electron chi connectivity index (χ1n) is 5.79. The first-order valence-corrected chi connectivity index (χ1v) is 5.79. The van der Waals surface area contributed by atoms with Crippen molar-refractivity contribution in [2.24, 2.45) is 0 Å². The molecule has 0 atom stereocenters. The van der Waals surface area contributed by atoms with E-state index in [1.54, 1.807) is 0 Å². The van der Waals surface area contributed by atoms with E-state index in [4.69, 9.17) is 5.73 Å². The summed E-state index contributed by atoms with van der Waals surface area (Å²) in [4.78, 5) is 13.8. The molecule has 0 radical (unpaired) electrons. The molecule has 1 aromatic carbocycles. The summed E-state index contributed by atoms with van der Waals surface area (Å²) in [6.07, 6.45) is 1.47. The van der Waals surface area contributed by atoms with Crippen LogP contribution in [0, 0.1) is 0 Å². The lowest BCUT2D eigenvalue weighted by Gasteiger charge is -2.20. The standard InChI is InChI=1S/C13H20N2O.ClH/c1-3-9-15(4-2)13(16)10-11-5-7-12(14)8-6-11;/h5-8H,3-4,9-10,14H2,1-2H3;1H. The van der Waals surface area contributed by atoms with Gasteiger partial charge in [-0.3, -0.25) is 4.79 Å². The fraction of sp³-hybridized carbons (Fsp3) is 0.462. The molecule has 0 aromatic heterocycles. The lowest BCUT2D eigenvalue weighted by atomic mass is 10.1. The molecule has 3 nitrogen and oxygen atoms in total. The van der Waals surface area contributed by atoms with Gasteiger partial charge in [0.05, 0.1) is 6.42 Å². The van der Waals surface area contributed by atoms with Gasteiger partial charge in [0.2, 0.25) is 5.91 Å². The maximum atomic E-state index is 11.9. The third-order valence-corrected chi connectivity index (χ3v) is 2.56. The first kappa shape index (κ1) is 15.8. The van der Waals surface area contributed by atoms with Crippen molar-refractivity contribution in [3.05, 3.63) is 29.8 Å². The largest absolute Gasteiger partial charge is 0.399 e. The molecule has 17 heavy (non-hydrogen) atoms. The SMILES string of the molecule is CCCN(CC)C(=O)Cc1ccc(N)cc1.Cl. The van der Waals surface area contributed by atoms with Crippen molar-refractivity contribution >= 4 is 24.0 Å². The fourth-order valence-electron chi connectivity index (χ4n) is 1.65. The monoisotopic (exact) mass is 256 g/mol. The smallest absolute Gasteiger partial charge is 0.226 e. The number of carbonyl (C=O) groups excluding carboxylic acids is 1. The summed E-state index contributed by atoms with van der Waals surface area (Å²) in [5, 5.41) is 0. The number of likely N-dealkylation sites (N-methyl/N-ethyl adjacent to an activating group) is 1. The van der Waals surface area contributed by atoms with E-state index in [2.05, 4.69) is 6.92 Å². The summed E-state index contributed by atoms with van der Waals surface area (Å²) in [6, 6.07) is 7.48. The van der Waals surface area contributed by atoms with Gasteiger partial charge in [0.15, 0.2) is 0 Å². The van der Waals surface area contributed by atoms with Crippen molar-refractivity contribution < 1.29 is 4.79 Å². The summed E-state index contributed by atoms with van der Waals surface area (Å²) in [6.45, 7) is 5.71. The molecular weight excluding hydrogens is 236 g/mol. The quantitative estimate of drug-likeness (QED) is 0.823. The van der Waals surface area contributed by atoms with Gasteiger partial charge in [0.25, 0.3) is 0 Å². The summed E-state index contributed by atoms with van der Waals surface area (Å²) in [5.74, 6) is 0.189. The van der Waals surface area contributed by atoms with E-state index < -0.39 is 0 Å². The van der Waals surface area contributed by atoms with Crippen LogP contribution in [0.1, 0.15) is 25.8 Å². The molecule has 4 heteroatoms. The Labute approximate surface area is 109 Å².